The van der Waals surface area contributed by atoms with Crippen LogP contribution in [0.2, 0.25) is 5.02 Å². The molecule has 2 aliphatic carbocycles. The number of nitrogens with zero attached hydrogens (tertiary/aromatic N) is 3. The maximum atomic E-state index is 12.7. The molecule has 0 radical (unpaired) electrons. The Labute approximate surface area is 189 Å². The molecule has 1 heterocycles. The van der Waals surface area contributed by atoms with E-state index in [1.807, 2.05) is 48.5 Å². The van der Waals surface area contributed by atoms with E-state index in [4.69, 9.17) is 11.6 Å². The molecule has 2 aromatic carbocycles. The Kier molecular flexibility index (Phi) is 5.76. The fourth-order valence-electron chi connectivity index (χ4n) is 3.29. The molecular weight excluding hydrogens is 436 g/mol. The van der Waals surface area contributed by atoms with E-state index in [1.54, 1.807) is 11.8 Å². The maximum Gasteiger partial charge on any atom is 0.234 e. The Bertz CT molecular complexity index is 1060. The molecule has 5 rings (SSSR count). The average Bonchev–Trinajstić information content (AvgIpc) is 3.68. The summed E-state index contributed by atoms with van der Waals surface area (Å²) in [6.07, 6.45) is 4.79. The molecule has 2 saturated carbocycles. The van der Waals surface area contributed by atoms with Crippen molar-refractivity contribution in [2.45, 2.75) is 52.6 Å². The van der Waals surface area contributed by atoms with Crippen LogP contribution in [0, 0.1) is 0 Å². The molecule has 154 valence electrons. The van der Waals surface area contributed by atoms with Gasteiger partial charge in [0.15, 0.2) is 5.16 Å². The normalized spacial score (nSPS) is 15.9. The van der Waals surface area contributed by atoms with Crippen LogP contribution < -0.4 is 5.32 Å². The zero-order valence-corrected chi connectivity index (χ0v) is 18.6. The predicted molar refractivity (Wildman–Crippen MR) is 122 cm³/mol. The van der Waals surface area contributed by atoms with Gasteiger partial charge in [0.1, 0.15) is 5.82 Å². The Morgan fingerprint density at radius 1 is 1.07 bits per heavy atom. The van der Waals surface area contributed by atoms with Crippen LogP contribution in [-0.4, -0.2) is 26.4 Å². The third kappa shape index (κ3) is 4.68. The summed E-state index contributed by atoms with van der Waals surface area (Å²) in [5, 5.41) is 13.4. The van der Waals surface area contributed by atoms with Crippen molar-refractivity contribution in [2.24, 2.45) is 0 Å². The highest BCUT2D eigenvalue weighted by Crippen LogP contribution is 2.46. The average molecular weight is 457 g/mol. The number of amides is 1. The molecule has 0 aliphatic heterocycles. The number of carbonyl (C=O) groups excluding carboxylic acids is 1. The molecule has 1 N–H and O–H groups in total. The van der Waals surface area contributed by atoms with Gasteiger partial charge in [-0.3, -0.25) is 4.79 Å². The Morgan fingerprint density at radius 3 is 2.57 bits per heavy atom. The third-order valence-corrected chi connectivity index (χ3v) is 7.36. The first-order valence-corrected chi connectivity index (χ1v) is 12.3. The van der Waals surface area contributed by atoms with Crippen LogP contribution in [-0.2, 0) is 4.79 Å². The smallest absolute Gasteiger partial charge is 0.234 e. The first-order valence-electron chi connectivity index (χ1n) is 10.1. The predicted octanol–water partition coefficient (Wildman–Crippen LogP) is 6.03. The lowest BCUT2D eigenvalue weighted by Crippen LogP contribution is -2.15. The van der Waals surface area contributed by atoms with Crippen LogP contribution in [0.5, 0.6) is 0 Å². The number of para-hydroxylation sites is 1. The number of benzene rings is 2. The molecule has 0 saturated heterocycles. The van der Waals surface area contributed by atoms with E-state index in [1.165, 1.54) is 37.4 Å². The first-order chi connectivity index (χ1) is 14.7. The molecule has 1 aromatic heterocycles. The molecule has 5 nitrogen and oxygen atoms in total. The van der Waals surface area contributed by atoms with Crippen LogP contribution in [0.4, 0.5) is 5.69 Å². The zero-order chi connectivity index (χ0) is 20.5. The van der Waals surface area contributed by atoms with Crippen LogP contribution in [0.25, 0.3) is 0 Å². The molecule has 0 spiro atoms. The van der Waals surface area contributed by atoms with Crippen molar-refractivity contribution in [2.75, 3.05) is 11.1 Å². The number of halogens is 1. The van der Waals surface area contributed by atoms with Gasteiger partial charge in [-0.2, -0.15) is 0 Å². The van der Waals surface area contributed by atoms with E-state index in [2.05, 4.69) is 20.1 Å². The lowest BCUT2D eigenvalue weighted by Gasteiger charge is -2.11. The molecule has 0 unspecified atom stereocenters. The van der Waals surface area contributed by atoms with E-state index in [0.717, 1.165) is 26.5 Å². The SMILES string of the molecule is O=C(CSc1nnc(C2CC2)n1C1CC1)Nc1ccccc1Sc1ccc(Cl)cc1. The van der Waals surface area contributed by atoms with Gasteiger partial charge in [0.05, 0.1) is 11.4 Å². The molecule has 8 heteroatoms. The van der Waals surface area contributed by atoms with Gasteiger partial charge in [0.25, 0.3) is 0 Å². The van der Waals surface area contributed by atoms with Gasteiger partial charge in [-0.05, 0) is 62.1 Å². The summed E-state index contributed by atoms with van der Waals surface area (Å²) in [6.45, 7) is 0. The molecular formula is C22H21ClN4OS2. The highest BCUT2D eigenvalue weighted by Gasteiger charge is 2.36. The van der Waals surface area contributed by atoms with Crippen molar-refractivity contribution in [3.8, 4) is 0 Å². The molecule has 30 heavy (non-hydrogen) atoms. The van der Waals surface area contributed by atoms with E-state index in [0.29, 0.717) is 22.7 Å². The van der Waals surface area contributed by atoms with Crippen molar-refractivity contribution >= 4 is 46.7 Å². The van der Waals surface area contributed by atoms with E-state index < -0.39 is 0 Å². The number of anilines is 1. The van der Waals surface area contributed by atoms with Crippen molar-refractivity contribution in [1.29, 1.82) is 0 Å². The molecule has 3 aromatic rings. The molecule has 1 amide bonds. The van der Waals surface area contributed by atoms with Gasteiger partial charge in [0, 0.05) is 26.8 Å². The Balaban J connectivity index is 1.24. The van der Waals surface area contributed by atoms with Crippen LogP contribution in [0.1, 0.15) is 43.5 Å². The van der Waals surface area contributed by atoms with Crippen molar-refractivity contribution < 1.29 is 4.79 Å². The number of nitrogens with one attached hydrogen (secondary N) is 1. The highest BCUT2D eigenvalue weighted by atomic mass is 35.5. The van der Waals surface area contributed by atoms with Gasteiger partial charge < -0.3 is 9.88 Å². The second-order valence-corrected chi connectivity index (χ2v) is 10.1. The third-order valence-electron chi connectivity index (χ3n) is 5.08. The molecule has 2 fully saturated rings. The molecule has 0 bridgehead atoms. The lowest BCUT2D eigenvalue weighted by atomic mass is 10.3. The minimum Gasteiger partial charge on any atom is -0.324 e. The summed E-state index contributed by atoms with van der Waals surface area (Å²) >= 11 is 9.05. The maximum absolute atomic E-state index is 12.7. The van der Waals surface area contributed by atoms with E-state index in [9.17, 15) is 4.79 Å². The zero-order valence-electron chi connectivity index (χ0n) is 16.3. The quantitative estimate of drug-likeness (QED) is 0.419. The van der Waals surface area contributed by atoms with Crippen molar-refractivity contribution in [3.63, 3.8) is 0 Å². The standard InChI is InChI=1S/C22H21ClN4OS2/c23-15-7-11-17(12-8-15)30-19-4-2-1-3-18(19)24-20(28)13-29-22-26-25-21(14-5-6-14)27(22)16-9-10-16/h1-4,7-8,11-12,14,16H,5-6,9-10,13H2,(H,24,28). The summed E-state index contributed by atoms with van der Waals surface area (Å²) in [7, 11) is 0. The van der Waals surface area contributed by atoms with E-state index >= 15 is 0 Å². The molecule has 0 atom stereocenters. The summed E-state index contributed by atoms with van der Waals surface area (Å²) in [4.78, 5) is 14.7. The largest absolute Gasteiger partial charge is 0.324 e. The number of hydrogen-bond acceptors (Lipinski definition) is 5. The van der Waals surface area contributed by atoms with Crippen LogP contribution in [0.3, 0.4) is 0 Å². The highest BCUT2D eigenvalue weighted by molar-refractivity contribution is 8.00. The fraction of sp³-hybridized carbons (Fsp3) is 0.318. The van der Waals surface area contributed by atoms with Gasteiger partial charge in [-0.15, -0.1) is 10.2 Å². The number of carbonyl (C=O) groups is 1. The van der Waals surface area contributed by atoms with Crippen LogP contribution in [0.15, 0.2) is 63.5 Å². The number of hydrogen-bond donors (Lipinski definition) is 1. The topological polar surface area (TPSA) is 59.8 Å². The van der Waals surface area contributed by atoms with Crippen molar-refractivity contribution in [3.05, 3.63) is 59.4 Å². The van der Waals surface area contributed by atoms with Crippen molar-refractivity contribution in [1.82, 2.24) is 14.8 Å². The summed E-state index contributed by atoms with van der Waals surface area (Å²) < 4.78 is 2.28. The minimum atomic E-state index is -0.0394. The summed E-state index contributed by atoms with van der Waals surface area (Å²) in [5.41, 5.74) is 0.811. The fourth-order valence-corrected chi connectivity index (χ4v) is 5.13. The Hall–Kier alpha value is -1.96. The van der Waals surface area contributed by atoms with Gasteiger partial charge in [0.2, 0.25) is 5.91 Å². The number of aromatic nitrogens is 3. The van der Waals surface area contributed by atoms with Crippen LogP contribution >= 0.6 is 35.1 Å². The minimum absolute atomic E-state index is 0.0394. The monoisotopic (exact) mass is 456 g/mol. The second-order valence-electron chi connectivity index (χ2n) is 7.61. The Morgan fingerprint density at radius 2 is 1.83 bits per heavy atom. The lowest BCUT2D eigenvalue weighted by molar-refractivity contribution is -0.113. The van der Waals surface area contributed by atoms with Gasteiger partial charge in [-0.25, -0.2) is 0 Å². The first kappa shape index (κ1) is 20.0. The van der Waals surface area contributed by atoms with Gasteiger partial charge >= 0.3 is 0 Å². The van der Waals surface area contributed by atoms with E-state index in [-0.39, 0.29) is 5.91 Å². The summed E-state index contributed by atoms with van der Waals surface area (Å²) in [6, 6.07) is 16.1. The number of thioether (sulfide) groups is 1. The second kappa shape index (κ2) is 8.65. The van der Waals surface area contributed by atoms with Gasteiger partial charge in [-0.1, -0.05) is 47.3 Å². The molecule has 2 aliphatic rings. The number of rotatable bonds is 8. The summed E-state index contributed by atoms with van der Waals surface area (Å²) in [5.74, 6) is 1.96.